The Bertz CT molecular complexity index is 476. The standard InChI is InChI=1S/C12H17N3O4/c1-3-19-11-9(12(16)14(2)8-7-13)5-4-6-10(11)15(17)18/h4-6H,3,7-8,13H2,1-2H3. The number of nitrogens with two attached hydrogens (primary N) is 1. The molecule has 7 heteroatoms. The number of nitro benzene ring substituents is 1. The monoisotopic (exact) mass is 267 g/mol. The number of carbonyl (C=O) groups excluding carboxylic acids is 1. The first kappa shape index (κ1) is 14.9. The molecule has 1 amide bonds. The lowest BCUT2D eigenvalue weighted by Crippen LogP contribution is -2.32. The molecule has 0 aliphatic heterocycles. The van der Waals surface area contributed by atoms with Crippen LogP contribution in [0.15, 0.2) is 18.2 Å². The van der Waals surface area contributed by atoms with Crippen LogP contribution in [-0.2, 0) is 0 Å². The lowest BCUT2D eigenvalue weighted by Gasteiger charge is -2.17. The van der Waals surface area contributed by atoms with Gasteiger partial charge in [-0.05, 0) is 13.0 Å². The third kappa shape index (κ3) is 3.41. The van der Waals surface area contributed by atoms with Gasteiger partial charge in [-0.2, -0.15) is 0 Å². The number of hydrogen-bond acceptors (Lipinski definition) is 5. The van der Waals surface area contributed by atoms with Crippen molar-refractivity contribution in [1.82, 2.24) is 4.90 Å². The second-order valence-electron chi connectivity index (χ2n) is 3.86. The predicted octanol–water partition coefficient (Wildman–Crippen LogP) is 1.02. The number of nitrogens with zero attached hydrogens (tertiary/aromatic N) is 2. The molecule has 2 N–H and O–H groups in total. The van der Waals surface area contributed by atoms with Crippen molar-refractivity contribution < 1.29 is 14.5 Å². The number of rotatable bonds is 6. The van der Waals surface area contributed by atoms with E-state index in [1.54, 1.807) is 14.0 Å². The summed E-state index contributed by atoms with van der Waals surface area (Å²) in [6.45, 7) is 2.63. The van der Waals surface area contributed by atoms with Crippen molar-refractivity contribution in [2.75, 3.05) is 26.7 Å². The van der Waals surface area contributed by atoms with Crippen molar-refractivity contribution in [2.24, 2.45) is 5.73 Å². The third-order valence-electron chi connectivity index (χ3n) is 2.52. The highest BCUT2D eigenvalue weighted by atomic mass is 16.6. The zero-order valence-corrected chi connectivity index (χ0v) is 11.0. The van der Waals surface area contributed by atoms with E-state index in [4.69, 9.17) is 10.5 Å². The number of ether oxygens (including phenoxy) is 1. The number of nitro groups is 1. The van der Waals surface area contributed by atoms with Crippen molar-refractivity contribution in [3.8, 4) is 5.75 Å². The number of likely N-dealkylation sites (N-methyl/N-ethyl adjacent to an activating group) is 1. The zero-order valence-electron chi connectivity index (χ0n) is 11.0. The van der Waals surface area contributed by atoms with Crippen LogP contribution in [0.2, 0.25) is 0 Å². The number of benzene rings is 1. The number of para-hydroxylation sites is 1. The quantitative estimate of drug-likeness (QED) is 0.613. The minimum atomic E-state index is -0.565. The van der Waals surface area contributed by atoms with Crippen LogP contribution in [0.5, 0.6) is 5.75 Å². The van der Waals surface area contributed by atoms with Crippen molar-refractivity contribution in [3.05, 3.63) is 33.9 Å². The Morgan fingerprint density at radius 3 is 2.74 bits per heavy atom. The van der Waals surface area contributed by atoms with Gasteiger partial charge in [0.15, 0.2) is 0 Å². The van der Waals surface area contributed by atoms with Crippen LogP contribution < -0.4 is 10.5 Å². The maximum Gasteiger partial charge on any atom is 0.311 e. The van der Waals surface area contributed by atoms with Crippen molar-refractivity contribution >= 4 is 11.6 Å². The van der Waals surface area contributed by atoms with Crippen LogP contribution >= 0.6 is 0 Å². The lowest BCUT2D eigenvalue weighted by molar-refractivity contribution is -0.385. The van der Waals surface area contributed by atoms with Gasteiger partial charge < -0.3 is 15.4 Å². The molecule has 1 aromatic carbocycles. The fraction of sp³-hybridized carbons (Fsp3) is 0.417. The fourth-order valence-electron chi connectivity index (χ4n) is 1.63. The molecular weight excluding hydrogens is 250 g/mol. The van der Waals surface area contributed by atoms with Crippen molar-refractivity contribution in [3.63, 3.8) is 0 Å². The molecule has 1 rings (SSSR count). The molecule has 0 saturated heterocycles. The summed E-state index contributed by atoms with van der Waals surface area (Å²) in [4.78, 5) is 24.0. The molecule has 0 radical (unpaired) electrons. The number of amides is 1. The summed E-state index contributed by atoms with van der Waals surface area (Å²) in [5.74, 6) is -0.346. The van der Waals surface area contributed by atoms with Gasteiger partial charge in [0, 0.05) is 26.2 Å². The number of hydrogen-bond donors (Lipinski definition) is 1. The van der Waals surface area contributed by atoms with Gasteiger partial charge in [0.2, 0.25) is 5.75 Å². The van der Waals surface area contributed by atoms with Crippen LogP contribution in [0.4, 0.5) is 5.69 Å². The average Bonchev–Trinajstić information content (AvgIpc) is 2.38. The largest absolute Gasteiger partial charge is 0.487 e. The highest BCUT2D eigenvalue weighted by Crippen LogP contribution is 2.31. The highest BCUT2D eigenvalue weighted by molar-refractivity contribution is 5.98. The molecule has 1 aromatic rings. The molecule has 0 saturated carbocycles. The van der Waals surface area contributed by atoms with E-state index in [1.165, 1.54) is 23.1 Å². The molecule has 0 atom stereocenters. The Morgan fingerprint density at radius 1 is 1.53 bits per heavy atom. The molecular formula is C12H17N3O4. The zero-order chi connectivity index (χ0) is 14.4. The molecule has 0 heterocycles. The first-order valence-corrected chi connectivity index (χ1v) is 5.88. The molecule has 0 aliphatic rings. The van der Waals surface area contributed by atoms with E-state index in [2.05, 4.69) is 0 Å². The molecule has 0 bridgehead atoms. The summed E-state index contributed by atoms with van der Waals surface area (Å²) in [5, 5.41) is 10.9. The van der Waals surface area contributed by atoms with Crippen LogP contribution in [0, 0.1) is 10.1 Å². The van der Waals surface area contributed by atoms with Crippen LogP contribution in [-0.4, -0.2) is 42.5 Å². The van der Waals surface area contributed by atoms with E-state index in [9.17, 15) is 14.9 Å². The average molecular weight is 267 g/mol. The Balaban J connectivity index is 3.22. The molecule has 7 nitrogen and oxygen atoms in total. The molecule has 0 fully saturated rings. The Kier molecular flexibility index (Phi) is 5.25. The van der Waals surface area contributed by atoms with Gasteiger partial charge >= 0.3 is 5.69 Å². The van der Waals surface area contributed by atoms with E-state index < -0.39 is 4.92 Å². The minimum Gasteiger partial charge on any atom is -0.487 e. The summed E-state index contributed by atoms with van der Waals surface area (Å²) in [6, 6.07) is 4.28. The maximum absolute atomic E-state index is 12.2. The molecule has 0 aromatic heterocycles. The minimum absolute atomic E-state index is 0.00358. The smallest absolute Gasteiger partial charge is 0.311 e. The van der Waals surface area contributed by atoms with Crippen molar-refractivity contribution in [1.29, 1.82) is 0 Å². The lowest BCUT2D eigenvalue weighted by atomic mass is 10.1. The van der Waals surface area contributed by atoms with Gasteiger partial charge in [-0.1, -0.05) is 6.07 Å². The third-order valence-corrected chi connectivity index (χ3v) is 2.52. The highest BCUT2D eigenvalue weighted by Gasteiger charge is 2.24. The Hall–Kier alpha value is -2.15. The van der Waals surface area contributed by atoms with E-state index in [1.807, 2.05) is 0 Å². The van der Waals surface area contributed by atoms with E-state index >= 15 is 0 Å². The molecule has 0 unspecified atom stereocenters. The van der Waals surface area contributed by atoms with Gasteiger partial charge in [-0.3, -0.25) is 14.9 Å². The van der Waals surface area contributed by atoms with Crippen LogP contribution in [0.1, 0.15) is 17.3 Å². The van der Waals surface area contributed by atoms with Crippen LogP contribution in [0.25, 0.3) is 0 Å². The normalized spacial score (nSPS) is 10.1. The summed E-state index contributed by atoms with van der Waals surface area (Å²) in [6.07, 6.45) is 0. The maximum atomic E-state index is 12.2. The van der Waals surface area contributed by atoms with Crippen LogP contribution in [0.3, 0.4) is 0 Å². The van der Waals surface area contributed by atoms with Crippen molar-refractivity contribution in [2.45, 2.75) is 6.92 Å². The van der Waals surface area contributed by atoms with Gasteiger partial charge in [0.05, 0.1) is 17.1 Å². The predicted molar refractivity (Wildman–Crippen MR) is 70.3 cm³/mol. The van der Waals surface area contributed by atoms with Gasteiger partial charge in [-0.15, -0.1) is 0 Å². The van der Waals surface area contributed by atoms with Gasteiger partial charge in [0.1, 0.15) is 0 Å². The first-order chi connectivity index (χ1) is 9.02. The molecule has 0 spiro atoms. The summed E-state index contributed by atoms with van der Waals surface area (Å²) in [5.41, 5.74) is 5.35. The summed E-state index contributed by atoms with van der Waals surface area (Å²) in [7, 11) is 1.59. The topological polar surface area (TPSA) is 98.7 Å². The summed E-state index contributed by atoms with van der Waals surface area (Å²) < 4.78 is 5.26. The SMILES string of the molecule is CCOc1c(C(=O)N(C)CCN)cccc1[N+](=O)[O-]. The second-order valence-corrected chi connectivity index (χ2v) is 3.86. The van der Waals surface area contributed by atoms with E-state index in [0.29, 0.717) is 13.1 Å². The first-order valence-electron chi connectivity index (χ1n) is 5.88. The van der Waals surface area contributed by atoms with E-state index in [-0.39, 0.29) is 29.5 Å². The molecule has 19 heavy (non-hydrogen) atoms. The van der Waals surface area contributed by atoms with Gasteiger partial charge in [0.25, 0.3) is 5.91 Å². The molecule has 104 valence electrons. The summed E-state index contributed by atoms with van der Waals surface area (Å²) >= 11 is 0. The Morgan fingerprint density at radius 2 is 2.21 bits per heavy atom. The second kappa shape index (κ2) is 6.69. The number of carbonyl (C=O) groups is 1. The molecule has 0 aliphatic carbocycles. The van der Waals surface area contributed by atoms with E-state index in [0.717, 1.165) is 0 Å². The Labute approximate surface area is 111 Å². The van der Waals surface area contributed by atoms with Gasteiger partial charge in [-0.25, -0.2) is 0 Å². The fourth-order valence-corrected chi connectivity index (χ4v) is 1.63.